The molecule has 0 amide bonds. The number of para-hydroxylation sites is 2. The zero-order chi connectivity index (χ0) is 32.0. The van der Waals surface area contributed by atoms with Gasteiger partial charge in [-0.15, -0.1) is 11.3 Å². The molecule has 9 aromatic rings. The van der Waals surface area contributed by atoms with Gasteiger partial charge in [0.25, 0.3) is 0 Å². The Hall–Kier alpha value is -6.04. The molecule has 228 valence electrons. The molecule has 0 saturated heterocycles. The second-order valence-corrected chi connectivity index (χ2v) is 13.0. The van der Waals surface area contributed by atoms with Crippen LogP contribution >= 0.6 is 11.3 Å². The number of amidine groups is 2. The Morgan fingerprint density at radius 1 is 0.562 bits per heavy atom. The number of benzene rings is 7. The van der Waals surface area contributed by atoms with E-state index in [2.05, 4.69) is 102 Å². The molecule has 5 heteroatoms. The number of hydrogen-bond acceptors (Lipinski definition) is 2. The summed E-state index contributed by atoms with van der Waals surface area (Å²) >= 11 is 1.88. The van der Waals surface area contributed by atoms with Crippen molar-refractivity contribution >= 4 is 75.8 Å². The van der Waals surface area contributed by atoms with Crippen LogP contribution < -0.4 is 5.73 Å². The van der Waals surface area contributed by atoms with Gasteiger partial charge in [-0.2, -0.15) is 0 Å². The molecule has 0 aliphatic rings. The summed E-state index contributed by atoms with van der Waals surface area (Å²) in [4.78, 5) is 10.0. The largest absolute Gasteiger partial charge is 0.383 e. The van der Waals surface area contributed by atoms with Crippen molar-refractivity contribution in [3.8, 4) is 5.69 Å². The van der Waals surface area contributed by atoms with Crippen LogP contribution in [0, 0.1) is 0 Å². The van der Waals surface area contributed by atoms with Gasteiger partial charge in [0.1, 0.15) is 5.84 Å². The molecule has 4 nitrogen and oxygen atoms in total. The Morgan fingerprint density at radius 2 is 1.15 bits per heavy atom. The predicted octanol–water partition coefficient (Wildman–Crippen LogP) is 10.7. The average Bonchev–Trinajstić information content (AvgIpc) is 3.71. The summed E-state index contributed by atoms with van der Waals surface area (Å²) in [6.07, 6.45) is 0. The molecule has 0 atom stereocenters. The molecule has 0 fully saturated rings. The van der Waals surface area contributed by atoms with E-state index in [0.29, 0.717) is 18.2 Å². The van der Waals surface area contributed by atoms with Crippen LogP contribution in [0.4, 0.5) is 0 Å². The molecule has 0 aliphatic heterocycles. The molecular weight excluding hydrogens is 605 g/mol. The summed E-state index contributed by atoms with van der Waals surface area (Å²) in [6.45, 7) is 0.434. The number of fused-ring (bicyclic) bond motifs is 10. The fraction of sp³-hybridized carbons (Fsp3) is 0.0233. The van der Waals surface area contributed by atoms with E-state index in [-0.39, 0.29) is 0 Å². The van der Waals surface area contributed by atoms with Crippen LogP contribution in [-0.4, -0.2) is 16.2 Å². The lowest BCUT2D eigenvalue weighted by Crippen LogP contribution is -2.16. The molecule has 0 bridgehead atoms. The van der Waals surface area contributed by atoms with Crippen molar-refractivity contribution in [1.29, 1.82) is 0 Å². The summed E-state index contributed by atoms with van der Waals surface area (Å²) in [7, 11) is 0. The Labute approximate surface area is 281 Å². The van der Waals surface area contributed by atoms with E-state index in [1.165, 1.54) is 52.8 Å². The summed E-state index contributed by atoms with van der Waals surface area (Å²) in [6, 6.07) is 55.0. The van der Waals surface area contributed by atoms with Gasteiger partial charge in [0.05, 0.1) is 28.0 Å². The molecule has 0 aliphatic carbocycles. The van der Waals surface area contributed by atoms with Crippen LogP contribution in [0.1, 0.15) is 16.7 Å². The van der Waals surface area contributed by atoms with Crippen molar-refractivity contribution in [2.75, 3.05) is 0 Å². The molecule has 0 radical (unpaired) electrons. The van der Waals surface area contributed by atoms with E-state index in [1.807, 2.05) is 72.0 Å². The van der Waals surface area contributed by atoms with E-state index in [1.54, 1.807) is 0 Å². The number of rotatable bonds is 5. The Morgan fingerprint density at radius 3 is 1.92 bits per heavy atom. The highest BCUT2D eigenvalue weighted by Crippen LogP contribution is 2.47. The number of nitrogens with zero attached hydrogens (tertiary/aromatic N) is 3. The van der Waals surface area contributed by atoms with Crippen molar-refractivity contribution < 1.29 is 0 Å². The van der Waals surface area contributed by atoms with Gasteiger partial charge >= 0.3 is 0 Å². The van der Waals surface area contributed by atoms with Crippen LogP contribution in [0.2, 0.25) is 0 Å². The third-order valence-electron chi connectivity index (χ3n) is 9.11. The molecule has 0 unspecified atom stereocenters. The van der Waals surface area contributed by atoms with Crippen LogP contribution in [0.3, 0.4) is 0 Å². The smallest absolute Gasteiger partial charge is 0.157 e. The second-order valence-electron chi connectivity index (χ2n) is 11.9. The first-order valence-corrected chi connectivity index (χ1v) is 16.9. The number of hydrogen-bond donors (Lipinski definition) is 1. The molecule has 0 spiro atoms. The number of aliphatic imine (C=N–C) groups is 2. The Bertz CT molecular complexity index is 2700. The quantitative estimate of drug-likeness (QED) is 0.149. The molecule has 0 saturated carbocycles. The first kappa shape index (κ1) is 28.2. The highest BCUT2D eigenvalue weighted by molar-refractivity contribution is 7.27. The maximum Gasteiger partial charge on any atom is 0.157 e. The highest BCUT2D eigenvalue weighted by Gasteiger charge is 2.22. The van der Waals surface area contributed by atoms with Gasteiger partial charge in [-0.25, -0.2) is 4.99 Å². The SMILES string of the molecule is N/C(=N\C(=N/Cc1ccccc1-n1c2ccccc2c2c3ccccc3c3c4ccccc4sc3c21)c1ccccc1)c1ccccc1. The topological polar surface area (TPSA) is 55.7 Å². The minimum atomic E-state index is 0.434. The maximum absolute atomic E-state index is 6.53. The van der Waals surface area contributed by atoms with Crippen molar-refractivity contribution in [2.24, 2.45) is 15.7 Å². The van der Waals surface area contributed by atoms with E-state index in [4.69, 9.17) is 15.7 Å². The predicted molar refractivity (Wildman–Crippen MR) is 205 cm³/mol. The van der Waals surface area contributed by atoms with Gasteiger partial charge in [-0.3, -0.25) is 4.99 Å². The normalized spacial score (nSPS) is 12.6. The van der Waals surface area contributed by atoms with E-state index in [9.17, 15) is 0 Å². The Kier molecular flexibility index (Phi) is 6.84. The van der Waals surface area contributed by atoms with Crippen LogP contribution in [-0.2, 0) is 6.54 Å². The lowest BCUT2D eigenvalue weighted by molar-refractivity contribution is 1.02. The van der Waals surface area contributed by atoms with Crippen molar-refractivity contribution in [1.82, 2.24) is 4.57 Å². The summed E-state index contributed by atoms with van der Waals surface area (Å²) in [5.74, 6) is 1.04. The average molecular weight is 635 g/mol. The van der Waals surface area contributed by atoms with Gasteiger partial charge in [-0.1, -0.05) is 140 Å². The highest BCUT2D eigenvalue weighted by atomic mass is 32.1. The maximum atomic E-state index is 6.53. The lowest BCUT2D eigenvalue weighted by Gasteiger charge is -2.14. The third-order valence-corrected chi connectivity index (χ3v) is 10.3. The van der Waals surface area contributed by atoms with Crippen molar-refractivity contribution in [3.05, 3.63) is 174 Å². The number of nitrogens with two attached hydrogens (primary N) is 1. The lowest BCUT2D eigenvalue weighted by atomic mass is 9.99. The summed E-state index contributed by atoms with van der Waals surface area (Å²) in [5.41, 5.74) is 12.9. The van der Waals surface area contributed by atoms with Gasteiger partial charge in [0.2, 0.25) is 0 Å². The van der Waals surface area contributed by atoms with Gasteiger partial charge in [0.15, 0.2) is 5.84 Å². The second kappa shape index (κ2) is 11.6. The van der Waals surface area contributed by atoms with Gasteiger partial charge in [-0.05, 0) is 34.5 Å². The fourth-order valence-corrected chi connectivity index (χ4v) is 8.22. The van der Waals surface area contributed by atoms with E-state index < -0.39 is 0 Å². The van der Waals surface area contributed by atoms with E-state index in [0.717, 1.165) is 22.4 Å². The van der Waals surface area contributed by atoms with Crippen molar-refractivity contribution in [2.45, 2.75) is 6.54 Å². The molecular formula is C43H30N4S. The molecule has 2 N–H and O–H groups in total. The number of aromatic nitrogens is 1. The third kappa shape index (κ3) is 4.59. The van der Waals surface area contributed by atoms with Gasteiger partial charge in [0, 0.05) is 37.4 Å². The zero-order valence-electron chi connectivity index (χ0n) is 26.0. The number of thiophene rings is 1. The van der Waals surface area contributed by atoms with E-state index >= 15 is 0 Å². The fourth-order valence-electron chi connectivity index (χ4n) is 6.97. The first-order chi connectivity index (χ1) is 23.8. The van der Waals surface area contributed by atoms with Crippen LogP contribution in [0.5, 0.6) is 0 Å². The van der Waals surface area contributed by atoms with Crippen molar-refractivity contribution in [3.63, 3.8) is 0 Å². The molecule has 48 heavy (non-hydrogen) atoms. The minimum Gasteiger partial charge on any atom is -0.383 e. The first-order valence-electron chi connectivity index (χ1n) is 16.1. The van der Waals surface area contributed by atoms with Gasteiger partial charge < -0.3 is 10.3 Å². The molecule has 7 aromatic carbocycles. The molecule has 2 aromatic heterocycles. The van der Waals surface area contributed by atoms with Crippen LogP contribution in [0.25, 0.3) is 58.4 Å². The zero-order valence-corrected chi connectivity index (χ0v) is 26.9. The molecule has 2 heterocycles. The standard InChI is InChI=1S/C43H30N4S/c44-42(28-15-3-1-4-16-28)46-43(29-17-5-2-6-18-29)45-27-30-19-7-12-24-35(30)47-36-25-13-10-22-33(36)38-31-20-8-9-21-32(31)39-34-23-11-14-26-37(34)48-41(39)40(38)47/h1-26H,27H2,(H2,44,45,46). The molecule has 9 rings (SSSR count). The minimum absolute atomic E-state index is 0.434. The van der Waals surface area contributed by atoms with Crippen LogP contribution in [0.15, 0.2) is 168 Å². The monoisotopic (exact) mass is 634 g/mol. The Balaban J connectivity index is 1.30. The summed E-state index contributed by atoms with van der Waals surface area (Å²) < 4.78 is 5.05. The summed E-state index contributed by atoms with van der Waals surface area (Å²) in [5, 5.41) is 7.70.